The molecule has 0 radical (unpaired) electrons. The second-order valence-electron chi connectivity index (χ2n) is 8.00. The molecule has 4 heteroatoms. The van der Waals surface area contributed by atoms with Crippen LogP contribution in [0.4, 0.5) is 17.1 Å². The lowest BCUT2D eigenvalue weighted by atomic mass is 10.00. The van der Waals surface area contributed by atoms with Crippen molar-refractivity contribution >= 4 is 23.0 Å². The molecule has 0 spiro atoms. The third-order valence-corrected chi connectivity index (χ3v) is 5.49. The molecule has 0 bridgehead atoms. The Bertz CT molecular complexity index is 1010. The van der Waals surface area contributed by atoms with Crippen molar-refractivity contribution in [1.29, 1.82) is 0 Å². The fraction of sp³-hybridized carbons (Fsp3) is 0.240. The molecule has 0 aliphatic carbocycles. The first-order valence-corrected chi connectivity index (χ1v) is 10.0. The first kappa shape index (κ1) is 19.1. The van der Waals surface area contributed by atoms with E-state index in [1.54, 1.807) is 0 Å². The predicted molar refractivity (Wildman–Crippen MR) is 121 cm³/mol. The van der Waals surface area contributed by atoms with Crippen LogP contribution in [0, 0.1) is 0 Å². The second kappa shape index (κ2) is 7.63. The molecule has 0 saturated heterocycles. The molecular weight excluding hydrogens is 358 g/mol. The van der Waals surface area contributed by atoms with E-state index < -0.39 is 0 Å². The number of nitrogens with zero attached hydrogens (tertiary/aromatic N) is 2. The Labute approximate surface area is 172 Å². The van der Waals surface area contributed by atoms with Gasteiger partial charge in [0.05, 0.1) is 5.56 Å². The molecule has 0 saturated carbocycles. The number of amides is 1. The van der Waals surface area contributed by atoms with Gasteiger partial charge in [-0.1, -0.05) is 50.2 Å². The van der Waals surface area contributed by atoms with Crippen LogP contribution in [0.15, 0.2) is 72.8 Å². The van der Waals surface area contributed by atoms with Crippen LogP contribution in [0.3, 0.4) is 0 Å². The highest BCUT2D eigenvalue weighted by molar-refractivity contribution is 6.12. The molecule has 0 fully saturated rings. The Balaban J connectivity index is 1.78. The number of hydrogen-bond donors (Lipinski definition) is 1. The lowest BCUT2D eigenvalue weighted by molar-refractivity contribution is 0.0975. The molecule has 0 aromatic heterocycles. The van der Waals surface area contributed by atoms with Crippen LogP contribution in [0.2, 0.25) is 0 Å². The fourth-order valence-electron chi connectivity index (χ4n) is 3.73. The van der Waals surface area contributed by atoms with Crippen molar-refractivity contribution in [2.24, 2.45) is 0 Å². The molecule has 3 aromatic carbocycles. The highest BCUT2D eigenvalue weighted by Gasteiger charge is 2.34. The molecule has 148 valence electrons. The SMILES string of the molecule is CC(C)c1ccc(N2C(=O)c3ccccc3NC2c2ccc(N(C)C)cc2)cc1. The quantitative estimate of drug-likeness (QED) is 0.631. The molecule has 29 heavy (non-hydrogen) atoms. The Morgan fingerprint density at radius 1 is 0.897 bits per heavy atom. The van der Waals surface area contributed by atoms with E-state index in [1.165, 1.54) is 5.56 Å². The van der Waals surface area contributed by atoms with E-state index in [1.807, 2.05) is 55.4 Å². The van der Waals surface area contributed by atoms with Gasteiger partial charge in [-0.25, -0.2) is 0 Å². The van der Waals surface area contributed by atoms with Gasteiger partial charge in [-0.3, -0.25) is 9.69 Å². The molecule has 1 amide bonds. The summed E-state index contributed by atoms with van der Waals surface area (Å²) in [6.07, 6.45) is -0.265. The maximum atomic E-state index is 13.5. The summed E-state index contributed by atoms with van der Waals surface area (Å²) in [5.41, 5.74) is 5.90. The smallest absolute Gasteiger partial charge is 0.262 e. The topological polar surface area (TPSA) is 35.6 Å². The average Bonchev–Trinajstić information content (AvgIpc) is 2.74. The van der Waals surface area contributed by atoms with Crippen molar-refractivity contribution < 1.29 is 4.79 Å². The van der Waals surface area contributed by atoms with Gasteiger partial charge in [0.25, 0.3) is 5.91 Å². The number of anilines is 3. The van der Waals surface area contributed by atoms with Crippen LogP contribution >= 0.6 is 0 Å². The standard InChI is InChI=1S/C25H27N3O/c1-17(2)18-9-15-21(16-10-18)28-24(19-11-13-20(14-12-19)27(3)4)26-23-8-6-5-7-22(23)25(28)29/h5-17,24,26H,1-4H3. The largest absolute Gasteiger partial charge is 0.378 e. The number of benzene rings is 3. The number of nitrogens with one attached hydrogen (secondary N) is 1. The summed E-state index contributed by atoms with van der Waals surface area (Å²) in [6, 6.07) is 24.4. The second-order valence-corrected chi connectivity index (χ2v) is 8.00. The van der Waals surface area contributed by atoms with Crippen LogP contribution < -0.4 is 15.1 Å². The van der Waals surface area contributed by atoms with Crippen LogP contribution in [-0.2, 0) is 0 Å². The summed E-state index contributed by atoms with van der Waals surface area (Å²) in [5, 5.41) is 3.57. The van der Waals surface area contributed by atoms with Crippen molar-refractivity contribution in [3.8, 4) is 0 Å². The Hall–Kier alpha value is -3.27. The van der Waals surface area contributed by atoms with Crippen molar-refractivity contribution in [1.82, 2.24) is 0 Å². The molecule has 1 heterocycles. The van der Waals surface area contributed by atoms with Gasteiger partial charge in [-0.05, 0) is 53.4 Å². The number of para-hydroxylation sites is 1. The highest BCUT2D eigenvalue weighted by Crippen LogP contribution is 2.37. The molecule has 4 nitrogen and oxygen atoms in total. The molecule has 1 aliphatic rings. The summed E-state index contributed by atoms with van der Waals surface area (Å²) in [4.78, 5) is 17.4. The zero-order chi connectivity index (χ0) is 20.5. The minimum Gasteiger partial charge on any atom is -0.378 e. The average molecular weight is 386 g/mol. The summed E-state index contributed by atoms with van der Waals surface area (Å²) in [7, 11) is 4.05. The minimum atomic E-state index is -0.265. The van der Waals surface area contributed by atoms with Crippen molar-refractivity contribution in [2.45, 2.75) is 25.9 Å². The van der Waals surface area contributed by atoms with E-state index in [-0.39, 0.29) is 12.1 Å². The first-order chi connectivity index (χ1) is 14.0. The summed E-state index contributed by atoms with van der Waals surface area (Å²) >= 11 is 0. The van der Waals surface area contributed by atoms with Crippen LogP contribution in [0.5, 0.6) is 0 Å². The maximum Gasteiger partial charge on any atom is 0.262 e. The Kier molecular flexibility index (Phi) is 5.01. The predicted octanol–water partition coefficient (Wildman–Crippen LogP) is 5.65. The van der Waals surface area contributed by atoms with Gasteiger partial charge in [0.1, 0.15) is 6.17 Å². The van der Waals surface area contributed by atoms with E-state index in [4.69, 9.17) is 0 Å². The van der Waals surface area contributed by atoms with E-state index in [0.717, 1.165) is 22.6 Å². The number of rotatable bonds is 4. The fourth-order valence-corrected chi connectivity index (χ4v) is 3.73. The summed E-state index contributed by atoms with van der Waals surface area (Å²) in [6.45, 7) is 4.35. The van der Waals surface area contributed by atoms with E-state index in [2.05, 4.69) is 60.5 Å². The molecule has 4 rings (SSSR count). The number of carbonyl (C=O) groups excluding carboxylic acids is 1. The third-order valence-electron chi connectivity index (χ3n) is 5.49. The van der Waals surface area contributed by atoms with E-state index in [9.17, 15) is 4.79 Å². The van der Waals surface area contributed by atoms with Gasteiger partial charge < -0.3 is 10.2 Å². The lowest BCUT2D eigenvalue weighted by Crippen LogP contribution is -2.43. The van der Waals surface area contributed by atoms with Crippen LogP contribution in [0.1, 0.15) is 47.4 Å². The van der Waals surface area contributed by atoms with Crippen LogP contribution in [0.25, 0.3) is 0 Å². The van der Waals surface area contributed by atoms with Crippen LogP contribution in [-0.4, -0.2) is 20.0 Å². The normalized spacial score (nSPS) is 15.8. The minimum absolute atomic E-state index is 0.0123. The Morgan fingerprint density at radius 2 is 1.55 bits per heavy atom. The molecular formula is C25H27N3O. The lowest BCUT2D eigenvalue weighted by Gasteiger charge is -2.38. The first-order valence-electron chi connectivity index (χ1n) is 10.0. The van der Waals surface area contributed by atoms with E-state index in [0.29, 0.717) is 11.5 Å². The van der Waals surface area contributed by atoms with Gasteiger partial charge in [0, 0.05) is 31.2 Å². The monoisotopic (exact) mass is 385 g/mol. The van der Waals surface area contributed by atoms with Crippen molar-refractivity contribution in [3.05, 3.63) is 89.5 Å². The third kappa shape index (κ3) is 3.58. The van der Waals surface area contributed by atoms with Gasteiger partial charge in [0.15, 0.2) is 0 Å². The summed E-state index contributed by atoms with van der Waals surface area (Å²) < 4.78 is 0. The Morgan fingerprint density at radius 3 is 2.17 bits per heavy atom. The molecule has 1 N–H and O–H groups in total. The number of fused-ring (bicyclic) bond motifs is 1. The number of carbonyl (C=O) groups is 1. The summed E-state index contributed by atoms with van der Waals surface area (Å²) in [5.74, 6) is 0.465. The molecule has 1 unspecified atom stereocenters. The van der Waals surface area contributed by atoms with Gasteiger partial charge in [0.2, 0.25) is 0 Å². The molecule has 3 aromatic rings. The zero-order valence-corrected chi connectivity index (χ0v) is 17.4. The van der Waals surface area contributed by atoms with Gasteiger partial charge in [-0.2, -0.15) is 0 Å². The number of hydrogen-bond acceptors (Lipinski definition) is 3. The van der Waals surface area contributed by atoms with E-state index >= 15 is 0 Å². The van der Waals surface area contributed by atoms with Gasteiger partial charge in [-0.15, -0.1) is 0 Å². The van der Waals surface area contributed by atoms with Crippen molar-refractivity contribution in [3.63, 3.8) is 0 Å². The van der Waals surface area contributed by atoms with Crippen molar-refractivity contribution in [2.75, 3.05) is 29.2 Å². The molecule has 1 aliphatic heterocycles. The van der Waals surface area contributed by atoms with Gasteiger partial charge >= 0.3 is 0 Å². The molecule has 1 atom stereocenters. The highest BCUT2D eigenvalue weighted by atomic mass is 16.2. The maximum absolute atomic E-state index is 13.5. The zero-order valence-electron chi connectivity index (χ0n) is 17.4.